The van der Waals surface area contributed by atoms with Gasteiger partial charge in [0.15, 0.2) is 5.03 Å². The lowest BCUT2D eigenvalue weighted by molar-refractivity contribution is 0.582. The predicted octanol–water partition coefficient (Wildman–Crippen LogP) is 4.81. The third-order valence-corrected chi connectivity index (χ3v) is 3.58. The van der Waals surface area contributed by atoms with E-state index in [-0.39, 0.29) is 0 Å². The number of hydrogen-bond acceptors (Lipinski definition) is 4. The van der Waals surface area contributed by atoms with Crippen LogP contribution < -0.4 is 0 Å². The highest BCUT2D eigenvalue weighted by molar-refractivity contribution is 7.98. The maximum atomic E-state index is 5.78. The monoisotopic (exact) mass is 294 g/mol. The van der Waals surface area contributed by atoms with E-state index in [1.165, 1.54) is 11.8 Å². The van der Waals surface area contributed by atoms with E-state index in [9.17, 15) is 0 Å². The van der Waals surface area contributed by atoms with Crippen molar-refractivity contribution in [2.45, 2.75) is 5.03 Å². The molecule has 0 radical (unpaired) electrons. The van der Waals surface area contributed by atoms with Crippen molar-refractivity contribution in [2.24, 2.45) is 4.99 Å². The van der Waals surface area contributed by atoms with Crippen LogP contribution >= 0.6 is 11.8 Å². The third-order valence-electron chi connectivity index (χ3n) is 2.92. The lowest BCUT2D eigenvalue weighted by Gasteiger charge is -1.92. The van der Waals surface area contributed by atoms with Crippen molar-refractivity contribution in [3.63, 3.8) is 0 Å². The molecular formula is C17H14N2OS. The minimum atomic E-state index is 0.546. The number of nitrogens with zero attached hydrogens (tertiary/aromatic N) is 2. The van der Waals surface area contributed by atoms with Crippen molar-refractivity contribution in [1.29, 1.82) is 0 Å². The summed E-state index contributed by atoms with van der Waals surface area (Å²) >= 11 is 1.53. The van der Waals surface area contributed by atoms with Gasteiger partial charge in [0.1, 0.15) is 0 Å². The highest BCUT2D eigenvalue weighted by Crippen LogP contribution is 2.32. The van der Waals surface area contributed by atoms with Crippen LogP contribution in [0.3, 0.4) is 0 Å². The summed E-state index contributed by atoms with van der Waals surface area (Å²) in [6, 6.07) is 19.8. The summed E-state index contributed by atoms with van der Waals surface area (Å²) < 4.78 is 5.78. The molecule has 0 saturated heterocycles. The Kier molecular flexibility index (Phi) is 4.17. The molecule has 4 heteroatoms. The lowest BCUT2D eigenvalue weighted by atomic mass is 10.2. The number of rotatable bonds is 4. The molecule has 3 aromatic rings. The molecule has 0 aliphatic carbocycles. The van der Waals surface area contributed by atoms with Crippen LogP contribution in [0.5, 0.6) is 0 Å². The van der Waals surface area contributed by atoms with Crippen LogP contribution in [0.4, 0.5) is 5.88 Å². The van der Waals surface area contributed by atoms with Gasteiger partial charge in [-0.05, 0) is 24.0 Å². The summed E-state index contributed by atoms with van der Waals surface area (Å²) in [5.74, 6) is 1.14. The molecule has 3 nitrogen and oxygen atoms in total. The Morgan fingerprint density at radius 3 is 2.33 bits per heavy atom. The summed E-state index contributed by atoms with van der Waals surface area (Å²) in [6.07, 6.45) is 3.75. The van der Waals surface area contributed by atoms with E-state index in [2.05, 4.69) is 9.98 Å². The molecule has 0 atom stereocenters. The van der Waals surface area contributed by atoms with Gasteiger partial charge in [0.2, 0.25) is 5.89 Å². The molecule has 0 aliphatic rings. The molecule has 0 amide bonds. The van der Waals surface area contributed by atoms with Crippen LogP contribution in [0.1, 0.15) is 5.56 Å². The summed E-state index contributed by atoms with van der Waals surface area (Å²) in [5, 5.41) is 0.793. The summed E-state index contributed by atoms with van der Waals surface area (Å²) in [7, 11) is 0. The SMILES string of the molecule is CSc1nc(-c2ccccc2)oc1/N=C/c1ccccc1. The van der Waals surface area contributed by atoms with Crippen LogP contribution in [0, 0.1) is 0 Å². The average Bonchev–Trinajstić information content (AvgIpc) is 2.98. The van der Waals surface area contributed by atoms with Gasteiger partial charge >= 0.3 is 0 Å². The maximum absolute atomic E-state index is 5.78. The van der Waals surface area contributed by atoms with Crippen molar-refractivity contribution in [3.8, 4) is 11.5 Å². The average molecular weight is 294 g/mol. The Morgan fingerprint density at radius 1 is 1.00 bits per heavy atom. The molecule has 3 rings (SSSR count). The van der Waals surface area contributed by atoms with Crippen LogP contribution in [-0.4, -0.2) is 17.5 Å². The van der Waals surface area contributed by atoms with Crippen molar-refractivity contribution in [2.75, 3.05) is 6.26 Å². The fourth-order valence-electron chi connectivity index (χ4n) is 1.89. The predicted molar refractivity (Wildman–Crippen MR) is 87.4 cm³/mol. The van der Waals surface area contributed by atoms with Gasteiger partial charge in [0.05, 0.1) is 0 Å². The molecule has 2 aromatic carbocycles. The summed E-state index contributed by atoms with van der Waals surface area (Å²) in [4.78, 5) is 8.91. The van der Waals surface area contributed by atoms with Crippen molar-refractivity contribution < 1.29 is 4.42 Å². The van der Waals surface area contributed by atoms with Crippen LogP contribution in [-0.2, 0) is 0 Å². The zero-order valence-corrected chi connectivity index (χ0v) is 12.4. The highest BCUT2D eigenvalue weighted by atomic mass is 32.2. The first-order valence-electron chi connectivity index (χ1n) is 6.56. The fraction of sp³-hybridized carbons (Fsp3) is 0.0588. The number of thioether (sulfide) groups is 1. The number of oxazole rings is 1. The van der Waals surface area contributed by atoms with Gasteiger partial charge in [-0.25, -0.2) is 9.98 Å². The van der Waals surface area contributed by atoms with Crippen molar-refractivity contribution in [3.05, 3.63) is 66.2 Å². The van der Waals surface area contributed by atoms with Crippen LogP contribution in [0.2, 0.25) is 0 Å². The molecule has 0 saturated carbocycles. The number of benzene rings is 2. The molecule has 0 fully saturated rings. The standard InChI is InChI=1S/C17H14N2OS/c1-21-17-16(18-12-13-8-4-2-5-9-13)20-15(19-17)14-10-6-3-7-11-14/h2-12H,1H3/b18-12+. The molecule has 0 N–H and O–H groups in total. The van der Waals surface area contributed by atoms with Crippen molar-refractivity contribution >= 4 is 23.9 Å². The molecule has 0 spiro atoms. The quantitative estimate of drug-likeness (QED) is 0.512. The Bertz CT molecular complexity index is 736. The van der Waals surface area contributed by atoms with E-state index in [1.807, 2.05) is 66.9 Å². The Morgan fingerprint density at radius 2 is 1.67 bits per heavy atom. The Balaban J connectivity index is 1.92. The van der Waals surface area contributed by atoms with Crippen LogP contribution in [0.15, 0.2) is 75.1 Å². The fourth-order valence-corrected chi connectivity index (χ4v) is 2.33. The lowest BCUT2D eigenvalue weighted by Crippen LogP contribution is -1.77. The van der Waals surface area contributed by atoms with E-state index in [0.717, 1.165) is 16.2 Å². The molecule has 0 aliphatic heterocycles. The van der Waals surface area contributed by atoms with Gasteiger partial charge in [0, 0.05) is 11.8 Å². The Labute approximate surface area is 127 Å². The zero-order valence-electron chi connectivity index (χ0n) is 11.6. The second-order valence-corrected chi connectivity index (χ2v) is 5.16. The molecule has 1 aromatic heterocycles. The first-order chi connectivity index (χ1) is 10.4. The highest BCUT2D eigenvalue weighted by Gasteiger charge is 2.12. The second kappa shape index (κ2) is 6.41. The minimum Gasteiger partial charge on any atom is -0.417 e. The molecule has 21 heavy (non-hydrogen) atoms. The Hall–Kier alpha value is -2.33. The molecule has 0 unspecified atom stereocenters. The van der Waals surface area contributed by atoms with E-state index < -0.39 is 0 Å². The second-order valence-electron chi connectivity index (χ2n) is 4.37. The molecule has 104 valence electrons. The van der Waals surface area contributed by atoms with Gasteiger partial charge in [-0.15, -0.1) is 11.8 Å². The first kappa shape index (κ1) is 13.6. The summed E-state index contributed by atoms with van der Waals surface area (Å²) in [5.41, 5.74) is 1.98. The number of aromatic nitrogens is 1. The maximum Gasteiger partial charge on any atom is 0.254 e. The molecular weight excluding hydrogens is 280 g/mol. The van der Waals surface area contributed by atoms with Crippen LogP contribution in [0.25, 0.3) is 11.5 Å². The smallest absolute Gasteiger partial charge is 0.254 e. The van der Waals surface area contributed by atoms with Gasteiger partial charge in [-0.3, -0.25) is 0 Å². The summed E-state index contributed by atoms with van der Waals surface area (Å²) in [6.45, 7) is 0. The van der Waals surface area contributed by atoms with Gasteiger partial charge in [0.25, 0.3) is 5.88 Å². The number of hydrogen-bond donors (Lipinski definition) is 0. The van der Waals surface area contributed by atoms with Gasteiger partial charge < -0.3 is 4.42 Å². The van der Waals surface area contributed by atoms with Crippen molar-refractivity contribution in [1.82, 2.24) is 4.98 Å². The van der Waals surface area contributed by atoms with Gasteiger partial charge in [-0.2, -0.15) is 0 Å². The van der Waals surface area contributed by atoms with E-state index in [4.69, 9.17) is 4.42 Å². The van der Waals surface area contributed by atoms with E-state index in [1.54, 1.807) is 6.21 Å². The largest absolute Gasteiger partial charge is 0.417 e. The number of aliphatic imine (C=N–C) groups is 1. The molecule has 1 heterocycles. The van der Waals surface area contributed by atoms with E-state index in [0.29, 0.717) is 11.8 Å². The normalized spacial score (nSPS) is 11.1. The van der Waals surface area contributed by atoms with Gasteiger partial charge in [-0.1, -0.05) is 48.5 Å². The molecule has 0 bridgehead atoms. The van der Waals surface area contributed by atoms with E-state index >= 15 is 0 Å². The topological polar surface area (TPSA) is 38.4 Å². The zero-order chi connectivity index (χ0) is 14.5. The first-order valence-corrected chi connectivity index (χ1v) is 7.78. The third kappa shape index (κ3) is 3.23. The minimum absolute atomic E-state index is 0.546.